The highest BCUT2D eigenvalue weighted by Crippen LogP contribution is 2.21. The Hall–Kier alpha value is -1.10. The highest BCUT2D eigenvalue weighted by Gasteiger charge is 2.13. The van der Waals surface area contributed by atoms with Gasteiger partial charge in [-0.1, -0.05) is 6.07 Å². The zero-order chi connectivity index (χ0) is 14.4. The van der Waals surface area contributed by atoms with E-state index in [1.165, 1.54) is 25.9 Å². The number of hydrogen-bond acceptors (Lipinski definition) is 4. The van der Waals surface area contributed by atoms with Gasteiger partial charge in [0.05, 0.1) is 13.7 Å². The summed E-state index contributed by atoms with van der Waals surface area (Å²) >= 11 is 0. The molecule has 0 amide bonds. The fourth-order valence-corrected chi connectivity index (χ4v) is 2.74. The minimum Gasteiger partial charge on any atom is -0.496 e. The lowest BCUT2D eigenvalue weighted by atomic mass is 10.1. The number of rotatable bonds is 7. The van der Waals surface area contributed by atoms with Crippen LogP contribution in [-0.4, -0.2) is 55.2 Å². The van der Waals surface area contributed by atoms with E-state index in [0.29, 0.717) is 0 Å². The van der Waals surface area contributed by atoms with Gasteiger partial charge >= 0.3 is 0 Å². The van der Waals surface area contributed by atoms with Crippen LogP contribution in [0, 0.1) is 0 Å². The Kier molecular flexibility index (Phi) is 5.83. The number of likely N-dealkylation sites (tertiary alicyclic amines) is 1. The molecule has 20 heavy (non-hydrogen) atoms. The molecule has 1 fully saturated rings. The number of aliphatic hydroxyl groups excluding tert-OH is 1. The SMILES string of the molecule is COc1ccc(CO)cc1CN(C)CCN1CCCC1. The second kappa shape index (κ2) is 7.62. The summed E-state index contributed by atoms with van der Waals surface area (Å²) in [6.07, 6.45) is 2.69. The number of methoxy groups -OCH3 is 1. The average Bonchev–Trinajstić information content (AvgIpc) is 2.98. The number of nitrogens with zero attached hydrogens (tertiary/aromatic N) is 2. The fourth-order valence-electron chi connectivity index (χ4n) is 2.74. The summed E-state index contributed by atoms with van der Waals surface area (Å²) in [5, 5.41) is 9.25. The van der Waals surface area contributed by atoms with E-state index in [4.69, 9.17) is 4.74 Å². The summed E-state index contributed by atoms with van der Waals surface area (Å²) in [5.41, 5.74) is 2.08. The van der Waals surface area contributed by atoms with Gasteiger partial charge in [0.1, 0.15) is 5.75 Å². The van der Waals surface area contributed by atoms with Crippen LogP contribution in [0.3, 0.4) is 0 Å². The molecule has 0 saturated carbocycles. The minimum atomic E-state index is 0.0779. The van der Waals surface area contributed by atoms with Crippen molar-refractivity contribution in [2.45, 2.75) is 26.0 Å². The van der Waals surface area contributed by atoms with Crippen LogP contribution in [0.1, 0.15) is 24.0 Å². The molecule has 2 rings (SSSR count). The molecule has 0 bridgehead atoms. The highest BCUT2D eigenvalue weighted by atomic mass is 16.5. The number of benzene rings is 1. The van der Waals surface area contributed by atoms with Crippen molar-refractivity contribution in [3.8, 4) is 5.75 Å². The Bertz CT molecular complexity index is 417. The molecule has 4 heteroatoms. The second-order valence-electron chi connectivity index (χ2n) is 5.59. The first-order chi connectivity index (χ1) is 9.72. The first-order valence-corrected chi connectivity index (χ1v) is 7.40. The third-order valence-corrected chi connectivity index (χ3v) is 3.96. The van der Waals surface area contributed by atoms with Gasteiger partial charge in [0, 0.05) is 25.2 Å². The van der Waals surface area contributed by atoms with Crippen LogP contribution < -0.4 is 4.74 Å². The van der Waals surface area contributed by atoms with Crippen molar-refractivity contribution < 1.29 is 9.84 Å². The van der Waals surface area contributed by atoms with E-state index in [-0.39, 0.29) is 6.61 Å². The molecule has 1 aliphatic heterocycles. The number of aliphatic hydroxyl groups is 1. The summed E-state index contributed by atoms with van der Waals surface area (Å²) in [6, 6.07) is 5.88. The molecule has 4 nitrogen and oxygen atoms in total. The van der Waals surface area contributed by atoms with Gasteiger partial charge in [-0.3, -0.25) is 0 Å². The molecule has 1 aromatic rings. The topological polar surface area (TPSA) is 35.9 Å². The molecule has 0 aromatic heterocycles. The zero-order valence-corrected chi connectivity index (χ0v) is 12.6. The van der Waals surface area contributed by atoms with Gasteiger partial charge in [-0.15, -0.1) is 0 Å². The van der Waals surface area contributed by atoms with E-state index < -0.39 is 0 Å². The third-order valence-electron chi connectivity index (χ3n) is 3.96. The quantitative estimate of drug-likeness (QED) is 0.824. The summed E-state index contributed by atoms with van der Waals surface area (Å²) < 4.78 is 5.40. The molecule has 0 spiro atoms. The van der Waals surface area contributed by atoms with E-state index in [9.17, 15) is 5.11 Å². The lowest BCUT2D eigenvalue weighted by Gasteiger charge is -2.22. The van der Waals surface area contributed by atoms with Crippen LogP contribution in [0.2, 0.25) is 0 Å². The van der Waals surface area contributed by atoms with E-state index in [0.717, 1.165) is 36.5 Å². The highest BCUT2D eigenvalue weighted by molar-refractivity contribution is 5.37. The van der Waals surface area contributed by atoms with Crippen molar-refractivity contribution in [3.63, 3.8) is 0 Å². The summed E-state index contributed by atoms with van der Waals surface area (Å²) in [5.74, 6) is 0.898. The Morgan fingerprint density at radius 2 is 2.05 bits per heavy atom. The maximum atomic E-state index is 9.25. The van der Waals surface area contributed by atoms with Gasteiger partial charge in [-0.05, 0) is 50.7 Å². The fraction of sp³-hybridized carbons (Fsp3) is 0.625. The van der Waals surface area contributed by atoms with Crippen LogP contribution in [0.25, 0.3) is 0 Å². The number of ether oxygens (including phenoxy) is 1. The molecule has 112 valence electrons. The van der Waals surface area contributed by atoms with Gasteiger partial charge in [-0.25, -0.2) is 0 Å². The van der Waals surface area contributed by atoms with E-state index in [2.05, 4.69) is 16.8 Å². The van der Waals surface area contributed by atoms with Gasteiger partial charge < -0.3 is 19.6 Å². The van der Waals surface area contributed by atoms with Crippen molar-refractivity contribution in [1.82, 2.24) is 9.80 Å². The van der Waals surface area contributed by atoms with Crippen molar-refractivity contribution in [2.75, 3.05) is 40.3 Å². The van der Waals surface area contributed by atoms with Crippen molar-refractivity contribution in [3.05, 3.63) is 29.3 Å². The molecule has 0 radical (unpaired) electrons. The summed E-state index contributed by atoms with van der Waals surface area (Å²) in [7, 11) is 3.84. The normalized spacial score (nSPS) is 16.0. The Morgan fingerprint density at radius 1 is 1.30 bits per heavy atom. The largest absolute Gasteiger partial charge is 0.496 e. The smallest absolute Gasteiger partial charge is 0.123 e. The summed E-state index contributed by atoms with van der Waals surface area (Å²) in [6.45, 7) is 5.62. The van der Waals surface area contributed by atoms with Crippen LogP contribution in [0.15, 0.2) is 18.2 Å². The molecule has 0 atom stereocenters. The Morgan fingerprint density at radius 3 is 2.70 bits per heavy atom. The molecule has 1 saturated heterocycles. The third kappa shape index (κ3) is 4.20. The van der Waals surface area contributed by atoms with E-state index >= 15 is 0 Å². The van der Waals surface area contributed by atoms with Crippen LogP contribution >= 0.6 is 0 Å². The van der Waals surface area contributed by atoms with Crippen molar-refractivity contribution in [1.29, 1.82) is 0 Å². The van der Waals surface area contributed by atoms with Gasteiger partial charge in [0.15, 0.2) is 0 Å². The first-order valence-electron chi connectivity index (χ1n) is 7.40. The molecule has 1 N–H and O–H groups in total. The molecular weight excluding hydrogens is 252 g/mol. The van der Waals surface area contributed by atoms with Gasteiger partial charge in [0.2, 0.25) is 0 Å². The summed E-state index contributed by atoms with van der Waals surface area (Å²) in [4.78, 5) is 4.84. The van der Waals surface area contributed by atoms with Crippen LogP contribution in [0.4, 0.5) is 0 Å². The predicted octanol–water partition coefficient (Wildman–Crippen LogP) is 1.72. The molecule has 1 aromatic carbocycles. The molecule has 0 aliphatic carbocycles. The van der Waals surface area contributed by atoms with Gasteiger partial charge in [-0.2, -0.15) is 0 Å². The lowest BCUT2D eigenvalue weighted by molar-refractivity contribution is 0.249. The Labute approximate surface area is 122 Å². The average molecular weight is 278 g/mol. The monoisotopic (exact) mass is 278 g/mol. The second-order valence-corrected chi connectivity index (χ2v) is 5.59. The maximum Gasteiger partial charge on any atom is 0.123 e. The van der Waals surface area contributed by atoms with Crippen molar-refractivity contribution >= 4 is 0 Å². The molecule has 1 aliphatic rings. The first kappa shape index (κ1) is 15.3. The molecule has 0 unspecified atom stereocenters. The number of likely N-dealkylation sites (N-methyl/N-ethyl adjacent to an activating group) is 1. The minimum absolute atomic E-state index is 0.0779. The standard InChI is InChI=1S/C16H26N2O2/c1-17(9-10-18-7-3-4-8-18)12-15-11-14(13-19)5-6-16(15)20-2/h5-6,11,19H,3-4,7-10,12-13H2,1-2H3. The van der Waals surface area contributed by atoms with E-state index in [1.807, 2.05) is 18.2 Å². The predicted molar refractivity (Wildman–Crippen MR) is 80.9 cm³/mol. The van der Waals surface area contributed by atoms with Crippen LogP contribution in [0.5, 0.6) is 5.75 Å². The molecular formula is C16H26N2O2. The van der Waals surface area contributed by atoms with Crippen molar-refractivity contribution in [2.24, 2.45) is 0 Å². The lowest BCUT2D eigenvalue weighted by Crippen LogP contribution is -2.31. The Balaban J connectivity index is 1.90. The van der Waals surface area contributed by atoms with Gasteiger partial charge in [0.25, 0.3) is 0 Å². The zero-order valence-electron chi connectivity index (χ0n) is 12.6. The maximum absolute atomic E-state index is 9.25. The molecule has 1 heterocycles. The van der Waals surface area contributed by atoms with E-state index in [1.54, 1.807) is 7.11 Å². The van der Waals surface area contributed by atoms with Crippen LogP contribution in [-0.2, 0) is 13.2 Å². The number of hydrogen-bond donors (Lipinski definition) is 1.